The van der Waals surface area contributed by atoms with Crippen molar-refractivity contribution < 1.29 is 19.1 Å². The maximum absolute atomic E-state index is 12.6. The number of methoxy groups -OCH3 is 1. The molecule has 1 fully saturated rings. The number of esters is 1. The Hall–Kier alpha value is -2.04. The van der Waals surface area contributed by atoms with Gasteiger partial charge in [0.05, 0.1) is 19.6 Å². The number of amides is 1. The molecule has 1 aromatic rings. The average Bonchev–Trinajstić information content (AvgIpc) is 2.72. The quantitative estimate of drug-likeness (QED) is 0.448. The first-order valence-corrected chi connectivity index (χ1v) is 10.3. The van der Waals surface area contributed by atoms with E-state index in [0.29, 0.717) is 43.9 Å². The fraction of sp³-hybridized carbons (Fsp3) is 0.636. The fourth-order valence-corrected chi connectivity index (χ4v) is 3.43. The number of likely N-dealkylation sites (tertiary alicyclic amines) is 1. The Morgan fingerprint density at radius 2 is 1.78 bits per heavy atom. The molecule has 0 spiro atoms. The highest BCUT2D eigenvalue weighted by Gasteiger charge is 2.28. The van der Waals surface area contributed by atoms with Crippen LogP contribution in [0.4, 0.5) is 0 Å². The third-order valence-electron chi connectivity index (χ3n) is 5.17. The van der Waals surface area contributed by atoms with Crippen LogP contribution in [0.15, 0.2) is 24.3 Å². The lowest BCUT2D eigenvalue weighted by Gasteiger charge is -2.31. The van der Waals surface area contributed by atoms with Gasteiger partial charge in [-0.15, -0.1) is 0 Å². The van der Waals surface area contributed by atoms with Crippen LogP contribution in [0.3, 0.4) is 0 Å². The van der Waals surface area contributed by atoms with E-state index in [4.69, 9.17) is 9.47 Å². The lowest BCUT2D eigenvalue weighted by Crippen LogP contribution is -2.40. The van der Waals surface area contributed by atoms with Gasteiger partial charge in [0.25, 0.3) is 5.91 Å². The van der Waals surface area contributed by atoms with Crippen LogP contribution in [0.2, 0.25) is 0 Å². The van der Waals surface area contributed by atoms with Crippen LogP contribution in [-0.2, 0) is 9.53 Å². The molecule has 0 atom stereocenters. The molecule has 0 aliphatic carbocycles. The molecule has 1 heterocycles. The molecule has 1 saturated heterocycles. The summed E-state index contributed by atoms with van der Waals surface area (Å²) in [4.78, 5) is 26.7. The summed E-state index contributed by atoms with van der Waals surface area (Å²) in [5.41, 5.74) is 0.624. The molecular formula is C22H33NO4. The second-order valence-corrected chi connectivity index (χ2v) is 7.23. The highest BCUT2D eigenvalue weighted by Crippen LogP contribution is 2.22. The Bertz CT molecular complexity index is 594. The number of unbranched alkanes of at least 4 members (excludes halogenated alkanes) is 5. The second kappa shape index (κ2) is 11.6. The summed E-state index contributed by atoms with van der Waals surface area (Å²) in [6.07, 6.45) is 8.43. The van der Waals surface area contributed by atoms with E-state index < -0.39 is 0 Å². The summed E-state index contributed by atoms with van der Waals surface area (Å²) in [7, 11) is 1.59. The van der Waals surface area contributed by atoms with Crippen molar-refractivity contribution in [3.05, 3.63) is 29.8 Å². The molecule has 0 radical (unpaired) electrons. The van der Waals surface area contributed by atoms with Crippen LogP contribution in [0.5, 0.6) is 5.75 Å². The molecule has 0 N–H and O–H groups in total. The van der Waals surface area contributed by atoms with E-state index in [1.807, 2.05) is 17.0 Å². The molecule has 0 bridgehead atoms. The van der Waals surface area contributed by atoms with E-state index in [1.54, 1.807) is 19.2 Å². The third-order valence-corrected chi connectivity index (χ3v) is 5.17. The predicted octanol–water partition coefficient (Wildman–Crippen LogP) is 4.45. The highest BCUT2D eigenvalue weighted by molar-refractivity contribution is 5.94. The molecule has 150 valence electrons. The van der Waals surface area contributed by atoms with Gasteiger partial charge in [-0.1, -0.05) is 45.1 Å². The Morgan fingerprint density at radius 1 is 1.07 bits per heavy atom. The number of carbonyl (C=O) groups is 2. The number of piperidine rings is 1. The van der Waals surface area contributed by atoms with Crippen molar-refractivity contribution in [2.45, 2.75) is 58.3 Å². The Labute approximate surface area is 163 Å². The van der Waals surface area contributed by atoms with Crippen LogP contribution in [0.1, 0.15) is 68.6 Å². The van der Waals surface area contributed by atoms with E-state index in [1.165, 1.54) is 25.7 Å². The molecule has 0 unspecified atom stereocenters. The lowest BCUT2D eigenvalue weighted by molar-refractivity contribution is -0.150. The van der Waals surface area contributed by atoms with Gasteiger partial charge in [-0.05, 0) is 37.5 Å². The Morgan fingerprint density at radius 3 is 2.48 bits per heavy atom. The number of rotatable bonds is 10. The van der Waals surface area contributed by atoms with Gasteiger partial charge in [0.1, 0.15) is 5.75 Å². The standard InChI is InChI=1S/C22H33NO4/c1-3-4-5-6-7-8-16-27-22(25)18-12-14-23(15-13-18)21(24)19-10-9-11-20(17-19)26-2/h9-11,17-18H,3-8,12-16H2,1-2H3. The number of carbonyl (C=O) groups excluding carboxylic acids is 2. The zero-order chi connectivity index (χ0) is 19.5. The minimum atomic E-state index is -0.1000. The van der Waals surface area contributed by atoms with Crippen molar-refractivity contribution >= 4 is 11.9 Å². The third kappa shape index (κ3) is 6.89. The van der Waals surface area contributed by atoms with E-state index in [2.05, 4.69) is 6.92 Å². The van der Waals surface area contributed by atoms with Crippen molar-refractivity contribution in [3.63, 3.8) is 0 Å². The van der Waals surface area contributed by atoms with Crippen molar-refractivity contribution in [2.75, 3.05) is 26.8 Å². The maximum Gasteiger partial charge on any atom is 0.309 e. The van der Waals surface area contributed by atoms with Gasteiger partial charge in [-0.2, -0.15) is 0 Å². The summed E-state index contributed by atoms with van der Waals surface area (Å²) in [6.45, 7) is 3.91. The van der Waals surface area contributed by atoms with E-state index in [0.717, 1.165) is 12.8 Å². The van der Waals surface area contributed by atoms with Crippen LogP contribution in [-0.4, -0.2) is 43.6 Å². The molecule has 5 heteroatoms. The topological polar surface area (TPSA) is 55.8 Å². The monoisotopic (exact) mass is 375 g/mol. The molecule has 1 aromatic carbocycles. The zero-order valence-corrected chi connectivity index (χ0v) is 16.7. The van der Waals surface area contributed by atoms with E-state index in [9.17, 15) is 9.59 Å². The normalized spacial score (nSPS) is 14.8. The number of nitrogens with zero attached hydrogens (tertiary/aromatic N) is 1. The molecule has 1 amide bonds. The zero-order valence-electron chi connectivity index (χ0n) is 16.7. The van der Waals surface area contributed by atoms with Gasteiger partial charge in [0.2, 0.25) is 0 Å². The average molecular weight is 376 g/mol. The fourth-order valence-electron chi connectivity index (χ4n) is 3.43. The van der Waals surface area contributed by atoms with Crippen LogP contribution in [0, 0.1) is 5.92 Å². The van der Waals surface area contributed by atoms with Crippen molar-refractivity contribution in [1.29, 1.82) is 0 Å². The number of hydrogen-bond acceptors (Lipinski definition) is 4. The summed E-state index contributed by atoms with van der Waals surface area (Å²) in [5, 5.41) is 0. The largest absolute Gasteiger partial charge is 0.497 e. The Balaban J connectivity index is 1.68. The van der Waals surface area contributed by atoms with Crippen molar-refractivity contribution in [3.8, 4) is 5.75 Å². The van der Waals surface area contributed by atoms with Crippen LogP contribution >= 0.6 is 0 Å². The van der Waals surface area contributed by atoms with Gasteiger partial charge in [0, 0.05) is 18.7 Å². The summed E-state index contributed by atoms with van der Waals surface area (Å²) >= 11 is 0. The summed E-state index contributed by atoms with van der Waals surface area (Å²) in [5.74, 6) is 0.485. The highest BCUT2D eigenvalue weighted by atomic mass is 16.5. The van der Waals surface area contributed by atoms with Crippen LogP contribution in [0.25, 0.3) is 0 Å². The van der Waals surface area contributed by atoms with E-state index in [-0.39, 0.29) is 17.8 Å². The molecule has 5 nitrogen and oxygen atoms in total. The minimum absolute atomic E-state index is 0.00667. The van der Waals surface area contributed by atoms with Crippen molar-refractivity contribution in [2.24, 2.45) is 5.92 Å². The maximum atomic E-state index is 12.6. The molecular weight excluding hydrogens is 342 g/mol. The van der Waals surface area contributed by atoms with Gasteiger partial charge in [-0.25, -0.2) is 0 Å². The van der Waals surface area contributed by atoms with E-state index >= 15 is 0 Å². The predicted molar refractivity (Wildman–Crippen MR) is 106 cm³/mol. The number of ether oxygens (including phenoxy) is 2. The molecule has 27 heavy (non-hydrogen) atoms. The molecule has 1 aliphatic heterocycles. The Kier molecular flexibility index (Phi) is 9.16. The molecule has 0 saturated carbocycles. The lowest BCUT2D eigenvalue weighted by atomic mass is 9.96. The van der Waals surface area contributed by atoms with Crippen LogP contribution < -0.4 is 4.74 Å². The SMILES string of the molecule is CCCCCCCCOC(=O)C1CCN(C(=O)c2cccc(OC)c2)CC1. The summed E-state index contributed by atoms with van der Waals surface area (Å²) < 4.78 is 10.6. The second-order valence-electron chi connectivity index (χ2n) is 7.23. The van der Waals surface area contributed by atoms with Gasteiger partial charge >= 0.3 is 5.97 Å². The molecule has 0 aromatic heterocycles. The molecule has 2 rings (SSSR count). The first-order valence-electron chi connectivity index (χ1n) is 10.3. The number of benzene rings is 1. The number of hydrogen-bond donors (Lipinski definition) is 0. The smallest absolute Gasteiger partial charge is 0.309 e. The first kappa shape index (κ1) is 21.3. The minimum Gasteiger partial charge on any atom is -0.497 e. The summed E-state index contributed by atoms with van der Waals surface area (Å²) in [6, 6.07) is 7.19. The molecule has 1 aliphatic rings. The van der Waals surface area contributed by atoms with Gasteiger partial charge < -0.3 is 14.4 Å². The first-order chi connectivity index (χ1) is 13.2. The van der Waals surface area contributed by atoms with Gasteiger partial charge in [0.15, 0.2) is 0 Å². The van der Waals surface area contributed by atoms with Gasteiger partial charge in [-0.3, -0.25) is 9.59 Å². The van der Waals surface area contributed by atoms with Crippen molar-refractivity contribution in [1.82, 2.24) is 4.90 Å².